The number of fused-ring (bicyclic) bond motifs is 2. The second kappa shape index (κ2) is 8.96. The first kappa shape index (κ1) is 21.0. The van der Waals surface area contributed by atoms with Crippen molar-refractivity contribution in [3.8, 4) is 17.2 Å². The van der Waals surface area contributed by atoms with Gasteiger partial charge in [0.2, 0.25) is 6.79 Å². The number of hydrogen-bond acceptors (Lipinski definition) is 6. The minimum Gasteiger partial charge on any atom is -0.495 e. The fourth-order valence-corrected chi connectivity index (χ4v) is 4.81. The van der Waals surface area contributed by atoms with Crippen LogP contribution in [0.3, 0.4) is 0 Å². The van der Waals surface area contributed by atoms with Crippen LogP contribution in [0.25, 0.3) is 10.9 Å². The Morgan fingerprint density at radius 1 is 1.12 bits per heavy atom. The van der Waals surface area contributed by atoms with Gasteiger partial charge in [0.1, 0.15) is 5.75 Å². The molecule has 1 fully saturated rings. The highest BCUT2D eigenvalue weighted by molar-refractivity contribution is 5.83. The number of hydrogen-bond donors (Lipinski definition) is 2. The van der Waals surface area contributed by atoms with E-state index in [1.807, 2.05) is 30.3 Å². The zero-order valence-corrected chi connectivity index (χ0v) is 18.5. The van der Waals surface area contributed by atoms with Gasteiger partial charge in [0, 0.05) is 18.0 Å². The second-order valence-electron chi connectivity index (χ2n) is 8.93. The van der Waals surface area contributed by atoms with Gasteiger partial charge < -0.3 is 24.6 Å². The molecule has 2 N–H and O–H groups in total. The van der Waals surface area contributed by atoms with Crippen molar-refractivity contribution in [2.24, 2.45) is 0 Å². The fourth-order valence-electron chi connectivity index (χ4n) is 4.81. The Kier molecular flexibility index (Phi) is 5.89. The van der Waals surface area contributed by atoms with E-state index in [1.165, 1.54) is 11.1 Å². The van der Waals surface area contributed by atoms with E-state index in [0.717, 1.165) is 73.2 Å². The largest absolute Gasteiger partial charge is 0.495 e. The SMILES string of the molecule is COc1cnc2cccc(CCC3(O)CCC(NCc4ccc5c(c4)OCO5)CC3)c2c1. The van der Waals surface area contributed by atoms with Gasteiger partial charge in [0.15, 0.2) is 11.5 Å². The highest BCUT2D eigenvalue weighted by Crippen LogP contribution is 2.35. The molecular formula is C26H30N2O4. The summed E-state index contributed by atoms with van der Waals surface area (Å²) < 4.78 is 16.2. The zero-order valence-electron chi connectivity index (χ0n) is 18.5. The van der Waals surface area contributed by atoms with Gasteiger partial charge in [-0.25, -0.2) is 0 Å². The average molecular weight is 435 g/mol. The number of rotatable bonds is 7. The molecule has 168 valence electrons. The van der Waals surface area contributed by atoms with Gasteiger partial charge in [-0.3, -0.25) is 4.98 Å². The highest BCUT2D eigenvalue weighted by Gasteiger charge is 2.32. The molecule has 1 aliphatic carbocycles. The zero-order chi connectivity index (χ0) is 22.0. The van der Waals surface area contributed by atoms with Crippen LogP contribution in [0.4, 0.5) is 0 Å². The molecule has 1 aliphatic heterocycles. The lowest BCUT2D eigenvalue weighted by molar-refractivity contribution is -0.0107. The Morgan fingerprint density at radius 3 is 2.81 bits per heavy atom. The van der Waals surface area contributed by atoms with Crippen molar-refractivity contribution in [2.45, 2.75) is 56.7 Å². The predicted octanol–water partition coefficient (Wildman–Crippen LogP) is 4.37. The minimum absolute atomic E-state index is 0.302. The number of nitrogens with one attached hydrogen (secondary N) is 1. The van der Waals surface area contributed by atoms with E-state index >= 15 is 0 Å². The fraction of sp³-hybridized carbons (Fsp3) is 0.423. The summed E-state index contributed by atoms with van der Waals surface area (Å²) in [5.74, 6) is 2.40. The maximum Gasteiger partial charge on any atom is 0.231 e. The Morgan fingerprint density at radius 2 is 1.97 bits per heavy atom. The van der Waals surface area contributed by atoms with Crippen LogP contribution in [0.15, 0.2) is 48.7 Å². The Balaban J connectivity index is 1.15. The van der Waals surface area contributed by atoms with Gasteiger partial charge in [0.05, 0.1) is 24.4 Å². The first-order valence-electron chi connectivity index (χ1n) is 11.4. The van der Waals surface area contributed by atoms with E-state index in [1.54, 1.807) is 13.3 Å². The standard InChI is InChI=1S/C26H30N2O4/c1-30-21-14-22-19(3-2-4-23(22)28-16-21)7-10-26(29)11-8-20(9-12-26)27-15-18-5-6-24-25(13-18)32-17-31-24/h2-6,13-14,16,20,27,29H,7-12,15,17H2,1H3. The number of benzene rings is 2. The third-order valence-electron chi connectivity index (χ3n) is 6.83. The molecule has 2 aromatic carbocycles. The number of aromatic nitrogens is 1. The molecule has 0 radical (unpaired) electrons. The van der Waals surface area contributed by atoms with E-state index in [-0.39, 0.29) is 0 Å². The monoisotopic (exact) mass is 434 g/mol. The maximum absolute atomic E-state index is 11.2. The Hall–Kier alpha value is -2.83. The summed E-state index contributed by atoms with van der Waals surface area (Å²) in [6.07, 6.45) is 6.93. The first-order chi connectivity index (χ1) is 15.6. The van der Waals surface area contributed by atoms with Crippen molar-refractivity contribution < 1.29 is 19.3 Å². The van der Waals surface area contributed by atoms with Crippen LogP contribution in [-0.2, 0) is 13.0 Å². The summed E-state index contributed by atoms with van der Waals surface area (Å²) >= 11 is 0. The molecule has 0 amide bonds. The molecule has 1 saturated carbocycles. The van der Waals surface area contributed by atoms with E-state index in [0.29, 0.717) is 12.8 Å². The minimum atomic E-state index is -0.606. The summed E-state index contributed by atoms with van der Waals surface area (Å²) in [6.45, 7) is 1.10. The van der Waals surface area contributed by atoms with Crippen LogP contribution in [-0.4, -0.2) is 35.6 Å². The first-order valence-corrected chi connectivity index (χ1v) is 11.4. The van der Waals surface area contributed by atoms with Crippen molar-refractivity contribution in [3.05, 3.63) is 59.8 Å². The van der Waals surface area contributed by atoms with Crippen molar-refractivity contribution in [3.63, 3.8) is 0 Å². The molecule has 3 aromatic rings. The number of aryl methyl sites for hydroxylation is 1. The highest BCUT2D eigenvalue weighted by atomic mass is 16.7. The predicted molar refractivity (Wildman–Crippen MR) is 123 cm³/mol. The molecule has 0 unspecified atom stereocenters. The van der Waals surface area contributed by atoms with Crippen molar-refractivity contribution >= 4 is 10.9 Å². The van der Waals surface area contributed by atoms with Gasteiger partial charge in [0.25, 0.3) is 0 Å². The maximum atomic E-state index is 11.2. The molecule has 1 aromatic heterocycles. The van der Waals surface area contributed by atoms with Crippen LogP contribution >= 0.6 is 0 Å². The molecule has 0 saturated heterocycles. The van der Waals surface area contributed by atoms with Gasteiger partial charge in [-0.1, -0.05) is 18.2 Å². The molecule has 2 aliphatic rings. The van der Waals surface area contributed by atoms with Crippen LogP contribution < -0.4 is 19.5 Å². The lowest BCUT2D eigenvalue weighted by Crippen LogP contribution is -2.41. The van der Waals surface area contributed by atoms with E-state index in [4.69, 9.17) is 14.2 Å². The van der Waals surface area contributed by atoms with E-state index < -0.39 is 5.60 Å². The average Bonchev–Trinajstić information content (AvgIpc) is 3.30. The normalized spacial score (nSPS) is 22.2. The lowest BCUT2D eigenvalue weighted by atomic mass is 9.78. The molecule has 5 rings (SSSR count). The topological polar surface area (TPSA) is 72.8 Å². The Labute approximate surface area is 188 Å². The van der Waals surface area contributed by atoms with E-state index in [9.17, 15) is 5.11 Å². The molecule has 0 bridgehead atoms. The lowest BCUT2D eigenvalue weighted by Gasteiger charge is -2.36. The number of pyridine rings is 1. The summed E-state index contributed by atoms with van der Waals surface area (Å²) in [5.41, 5.74) is 2.76. The van der Waals surface area contributed by atoms with Gasteiger partial charge in [-0.05, 0) is 73.9 Å². The Bertz CT molecular complexity index is 1090. The van der Waals surface area contributed by atoms with Crippen molar-refractivity contribution in [1.82, 2.24) is 10.3 Å². The summed E-state index contributed by atoms with van der Waals surface area (Å²) in [5, 5.41) is 16.0. The number of aliphatic hydroxyl groups is 1. The quantitative estimate of drug-likeness (QED) is 0.575. The van der Waals surface area contributed by atoms with Gasteiger partial charge in [-0.15, -0.1) is 0 Å². The van der Waals surface area contributed by atoms with Crippen LogP contribution in [0, 0.1) is 0 Å². The number of methoxy groups -OCH3 is 1. The molecule has 0 atom stereocenters. The number of nitrogens with zero attached hydrogens (tertiary/aromatic N) is 1. The smallest absolute Gasteiger partial charge is 0.231 e. The summed E-state index contributed by atoms with van der Waals surface area (Å²) in [7, 11) is 1.66. The second-order valence-corrected chi connectivity index (χ2v) is 8.93. The van der Waals surface area contributed by atoms with Crippen LogP contribution in [0.5, 0.6) is 17.2 Å². The van der Waals surface area contributed by atoms with Crippen LogP contribution in [0.2, 0.25) is 0 Å². The van der Waals surface area contributed by atoms with Crippen molar-refractivity contribution in [1.29, 1.82) is 0 Å². The summed E-state index contributed by atoms with van der Waals surface area (Å²) in [6, 6.07) is 14.7. The molecule has 32 heavy (non-hydrogen) atoms. The molecule has 6 nitrogen and oxygen atoms in total. The number of ether oxygens (including phenoxy) is 3. The molecule has 2 heterocycles. The van der Waals surface area contributed by atoms with E-state index in [2.05, 4.69) is 22.4 Å². The van der Waals surface area contributed by atoms with Crippen molar-refractivity contribution in [2.75, 3.05) is 13.9 Å². The third-order valence-corrected chi connectivity index (χ3v) is 6.83. The summed E-state index contributed by atoms with van der Waals surface area (Å²) in [4.78, 5) is 4.49. The molecular weight excluding hydrogens is 404 g/mol. The molecule has 0 spiro atoms. The van der Waals surface area contributed by atoms with Gasteiger partial charge >= 0.3 is 0 Å². The van der Waals surface area contributed by atoms with Gasteiger partial charge in [-0.2, -0.15) is 0 Å². The van der Waals surface area contributed by atoms with Crippen LogP contribution in [0.1, 0.15) is 43.2 Å². The third kappa shape index (κ3) is 4.52. The molecule has 6 heteroatoms.